The lowest BCUT2D eigenvalue weighted by Crippen LogP contribution is -2.01. The minimum absolute atomic E-state index is 0.366. The normalized spacial score (nSPS) is 10.9. The molecule has 7 heteroatoms. The number of nitrogens with zero attached hydrogens (tertiary/aromatic N) is 1. The Balaban J connectivity index is 1.60. The molecule has 0 amide bonds. The van der Waals surface area contributed by atoms with E-state index in [1.54, 1.807) is 30.5 Å². The molecule has 1 heterocycles. The van der Waals surface area contributed by atoms with Crippen molar-refractivity contribution in [3.63, 3.8) is 0 Å². The number of benzene rings is 2. The van der Waals surface area contributed by atoms with Gasteiger partial charge in [-0.1, -0.05) is 35.3 Å². The van der Waals surface area contributed by atoms with Crippen molar-refractivity contribution in [3.8, 4) is 17.4 Å². The number of carbonyl (C=O) groups is 1. The van der Waals surface area contributed by atoms with E-state index in [1.807, 2.05) is 31.2 Å². The van der Waals surface area contributed by atoms with Gasteiger partial charge in [-0.25, -0.2) is 9.78 Å². The summed E-state index contributed by atoms with van der Waals surface area (Å²) in [5.41, 5.74) is 2.57. The molecular formula is C23H19Cl2NO4. The third-order valence-electron chi connectivity index (χ3n) is 4.16. The van der Waals surface area contributed by atoms with Gasteiger partial charge in [0.15, 0.2) is 5.75 Å². The monoisotopic (exact) mass is 443 g/mol. The molecule has 5 nitrogen and oxygen atoms in total. The zero-order valence-electron chi connectivity index (χ0n) is 16.1. The average molecular weight is 444 g/mol. The maximum atomic E-state index is 10.7. The highest BCUT2D eigenvalue weighted by Crippen LogP contribution is 2.34. The Morgan fingerprint density at radius 3 is 2.53 bits per heavy atom. The van der Waals surface area contributed by atoms with E-state index in [-0.39, 0.29) is 0 Å². The van der Waals surface area contributed by atoms with Crippen LogP contribution >= 0.6 is 23.2 Å². The molecule has 154 valence electrons. The first-order valence-electron chi connectivity index (χ1n) is 9.13. The maximum Gasteiger partial charge on any atom is 0.328 e. The lowest BCUT2D eigenvalue weighted by atomic mass is 10.1. The summed E-state index contributed by atoms with van der Waals surface area (Å²) in [4.78, 5) is 14.9. The van der Waals surface area contributed by atoms with Gasteiger partial charge in [-0.15, -0.1) is 0 Å². The Morgan fingerprint density at radius 2 is 1.90 bits per heavy atom. The van der Waals surface area contributed by atoms with E-state index < -0.39 is 5.97 Å². The first-order valence-corrected chi connectivity index (χ1v) is 9.88. The van der Waals surface area contributed by atoms with E-state index in [0.717, 1.165) is 23.6 Å². The van der Waals surface area contributed by atoms with E-state index in [0.29, 0.717) is 39.6 Å². The van der Waals surface area contributed by atoms with Gasteiger partial charge < -0.3 is 14.6 Å². The van der Waals surface area contributed by atoms with Crippen LogP contribution in [0.2, 0.25) is 10.0 Å². The van der Waals surface area contributed by atoms with Crippen LogP contribution < -0.4 is 9.47 Å². The van der Waals surface area contributed by atoms with Crippen LogP contribution in [0.25, 0.3) is 6.08 Å². The highest BCUT2D eigenvalue weighted by Gasteiger charge is 2.10. The molecule has 0 unspecified atom stereocenters. The van der Waals surface area contributed by atoms with Gasteiger partial charge in [-0.2, -0.15) is 0 Å². The van der Waals surface area contributed by atoms with Crippen molar-refractivity contribution in [2.24, 2.45) is 0 Å². The Morgan fingerprint density at radius 1 is 1.13 bits per heavy atom. The molecule has 0 spiro atoms. The zero-order chi connectivity index (χ0) is 21.5. The third kappa shape index (κ3) is 6.24. The topological polar surface area (TPSA) is 68.7 Å². The summed E-state index contributed by atoms with van der Waals surface area (Å²) in [7, 11) is 0. The van der Waals surface area contributed by atoms with Gasteiger partial charge in [0.05, 0.1) is 17.8 Å². The summed E-state index contributed by atoms with van der Waals surface area (Å²) in [6, 6.07) is 14.5. The van der Waals surface area contributed by atoms with E-state index in [9.17, 15) is 4.79 Å². The molecule has 0 bridgehead atoms. The SMILES string of the molecule is Cc1cc(/C=C/C(=O)O)cc(Cl)c1Oc1ccc(OCCc2ccc(Cl)cc2)cn1. The van der Waals surface area contributed by atoms with Crippen molar-refractivity contribution in [1.82, 2.24) is 4.98 Å². The van der Waals surface area contributed by atoms with Crippen molar-refractivity contribution in [1.29, 1.82) is 0 Å². The fourth-order valence-corrected chi connectivity index (χ4v) is 3.14. The number of halogens is 2. The first kappa shape index (κ1) is 21.7. The molecule has 3 aromatic rings. The standard InChI is InChI=1S/C23H19Cl2NO4/c1-15-12-17(4-9-22(27)28)13-20(25)23(15)30-21-8-7-19(14-26-21)29-11-10-16-2-5-18(24)6-3-16/h2-9,12-14H,10-11H2,1H3,(H,27,28)/b9-4+. The minimum Gasteiger partial charge on any atom is -0.492 e. The molecular weight excluding hydrogens is 425 g/mol. The summed E-state index contributed by atoms with van der Waals surface area (Å²) in [5.74, 6) is 0.448. The third-order valence-corrected chi connectivity index (χ3v) is 4.69. The van der Waals surface area contributed by atoms with Crippen LogP contribution in [-0.4, -0.2) is 22.7 Å². The van der Waals surface area contributed by atoms with Crippen LogP contribution in [0, 0.1) is 6.92 Å². The molecule has 0 radical (unpaired) electrons. The number of ether oxygens (including phenoxy) is 2. The van der Waals surface area contributed by atoms with Gasteiger partial charge in [-0.05, 0) is 60.0 Å². The highest BCUT2D eigenvalue weighted by atomic mass is 35.5. The lowest BCUT2D eigenvalue weighted by molar-refractivity contribution is -0.131. The molecule has 2 aromatic carbocycles. The Kier molecular flexibility index (Phi) is 7.33. The zero-order valence-corrected chi connectivity index (χ0v) is 17.7. The Hall–Kier alpha value is -3.02. The van der Waals surface area contributed by atoms with Crippen LogP contribution in [0.1, 0.15) is 16.7 Å². The second-order valence-electron chi connectivity index (χ2n) is 6.48. The quantitative estimate of drug-likeness (QED) is 0.419. The van der Waals surface area contributed by atoms with Crippen LogP contribution in [0.3, 0.4) is 0 Å². The van der Waals surface area contributed by atoms with Crippen molar-refractivity contribution in [2.75, 3.05) is 6.61 Å². The number of carboxylic acids is 1. The van der Waals surface area contributed by atoms with E-state index in [4.69, 9.17) is 37.8 Å². The minimum atomic E-state index is -1.02. The summed E-state index contributed by atoms with van der Waals surface area (Å²) < 4.78 is 11.5. The molecule has 3 rings (SSSR count). The Labute approximate surface area is 184 Å². The average Bonchev–Trinajstić information content (AvgIpc) is 2.72. The van der Waals surface area contributed by atoms with Gasteiger partial charge in [0.1, 0.15) is 5.75 Å². The Bertz CT molecular complexity index is 1020. The molecule has 0 fully saturated rings. The summed E-state index contributed by atoms with van der Waals surface area (Å²) in [5, 5.41) is 9.81. The first-order chi connectivity index (χ1) is 14.4. The van der Waals surface area contributed by atoms with E-state index in [1.165, 1.54) is 6.08 Å². The number of aliphatic carboxylic acids is 1. The number of aryl methyl sites for hydroxylation is 1. The number of aromatic nitrogens is 1. The van der Waals surface area contributed by atoms with Crippen LogP contribution in [0.15, 0.2) is 60.8 Å². The molecule has 0 saturated carbocycles. The molecule has 1 aromatic heterocycles. The molecule has 0 saturated heterocycles. The van der Waals surface area contributed by atoms with Crippen LogP contribution in [0.5, 0.6) is 17.4 Å². The number of hydrogen-bond donors (Lipinski definition) is 1. The predicted octanol–water partition coefficient (Wildman–Crippen LogP) is 6.21. The second-order valence-corrected chi connectivity index (χ2v) is 7.32. The summed E-state index contributed by atoms with van der Waals surface area (Å²) in [6.45, 7) is 2.34. The largest absolute Gasteiger partial charge is 0.492 e. The van der Waals surface area contributed by atoms with Crippen molar-refractivity contribution in [2.45, 2.75) is 13.3 Å². The van der Waals surface area contributed by atoms with Gasteiger partial charge in [0.25, 0.3) is 0 Å². The number of rotatable bonds is 8. The molecule has 1 N–H and O–H groups in total. The van der Waals surface area contributed by atoms with Gasteiger partial charge in [0, 0.05) is 23.6 Å². The number of hydrogen-bond acceptors (Lipinski definition) is 4. The molecule has 0 atom stereocenters. The molecule has 0 aliphatic carbocycles. The van der Waals surface area contributed by atoms with Crippen molar-refractivity contribution in [3.05, 3.63) is 87.5 Å². The van der Waals surface area contributed by atoms with Gasteiger partial charge in [-0.3, -0.25) is 0 Å². The molecule has 30 heavy (non-hydrogen) atoms. The van der Waals surface area contributed by atoms with Gasteiger partial charge >= 0.3 is 5.97 Å². The van der Waals surface area contributed by atoms with Crippen molar-refractivity contribution < 1.29 is 19.4 Å². The van der Waals surface area contributed by atoms with Crippen LogP contribution in [0.4, 0.5) is 0 Å². The molecule has 0 aliphatic rings. The maximum absolute atomic E-state index is 10.7. The summed E-state index contributed by atoms with van der Waals surface area (Å²) in [6.07, 6.45) is 4.87. The lowest BCUT2D eigenvalue weighted by Gasteiger charge is -2.12. The number of pyridine rings is 1. The van der Waals surface area contributed by atoms with Crippen LogP contribution in [-0.2, 0) is 11.2 Å². The fraction of sp³-hybridized carbons (Fsp3) is 0.130. The fourth-order valence-electron chi connectivity index (χ4n) is 2.71. The predicted molar refractivity (Wildman–Crippen MR) is 118 cm³/mol. The highest BCUT2D eigenvalue weighted by molar-refractivity contribution is 6.32. The van der Waals surface area contributed by atoms with Gasteiger partial charge in [0.2, 0.25) is 5.88 Å². The smallest absolute Gasteiger partial charge is 0.328 e. The van der Waals surface area contributed by atoms with Crippen molar-refractivity contribution >= 4 is 35.2 Å². The molecule has 0 aliphatic heterocycles. The summed E-state index contributed by atoms with van der Waals surface area (Å²) >= 11 is 12.2. The van der Waals surface area contributed by atoms with E-state index in [2.05, 4.69) is 4.98 Å². The second kappa shape index (κ2) is 10.1. The number of carboxylic acid groups (broad SMARTS) is 1. The van der Waals surface area contributed by atoms with E-state index >= 15 is 0 Å².